The van der Waals surface area contributed by atoms with Crippen molar-refractivity contribution in [3.8, 4) is 0 Å². The zero-order valence-electron chi connectivity index (χ0n) is 8.52. The molecule has 1 heterocycles. The third-order valence-electron chi connectivity index (χ3n) is 3.59. The van der Waals surface area contributed by atoms with E-state index in [4.69, 9.17) is 0 Å². The van der Waals surface area contributed by atoms with Crippen LogP contribution >= 0.6 is 0 Å². The summed E-state index contributed by atoms with van der Waals surface area (Å²) in [6, 6.07) is 0.776. The van der Waals surface area contributed by atoms with E-state index in [0.717, 1.165) is 12.0 Å². The maximum absolute atomic E-state index is 3.42. The Morgan fingerprint density at radius 3 is 2.08 bits per heavy atom. The molecule has 0 bridgehead atoms. The summed E-state index contributed by atoms with van der Waals surface area (Å²) in [4.78, 5) is 0. The van der Waals surface area contributed by atoms with Crippen LogP contribution in [0.5, 0.6) is 0 Å². The Morgan fingerprint density at radius 1 is 0.769 bits per heavy atom. The van der Waals surface area contributed by atoms with Gasteiger partial charge in [-0.1, -0.05) is 32.1 Å². The molecule has 2 heteroatoms. The molecule has 1 saturated carbocycles. The lowest BCUT2D eigenvalue weighted by Gasteiger charge is -2.24. The minimum atomic E-state index is 0.776. The predicted octanol–water partition coefficient (Wildman–Crippen LogP) is 2.21. The van der Waals surface area contributed by atoms with Gasteiger partial charge in [0.15, 0.2) is 0 Å². The van der Waals surface area contributed by atoms with Crippen LogP contribution in [0.2, 0.25) is 0 Å². The van der Waals surface area contributed by atoms with Gasteiger partial charge in [0, 0.05) is 12.6 Å². The van der Waals surface area contributed by atoms with Crippen LogP contribution in [0.25, 0.3) is 0 Å². The van der Waals surface area contributed by atoms with Crippen LogP contribution in [0, 0.1) is 5.92 Å². The smallest absolute Gasteiger partial charge is 0.0253 e. The summed E-state index contributed by atoms with van der Waals surface area (Å²) in [7, 11) is 0. The number of hydrogen-bond acceptors (Lipinski definition) is 2. The van der Waals surface area contributed by atoms with E-state index in [9.17, 15) is 0 Å². The van der Waals surface area contributed by atoms with Crippen LogP contribution in [0.3, 0.4) is 0 Å². The molecule has 0 radical (unpaired) electrons. The molecule has 2 N–H and O–H groups in total. The van der Waals surface area contributed by atoms with E-state index in [1.54, 1.807) is 0 Å². The summed E-state index contributed by atoms with van der Waals surface area (Å²) in [5.74, 6) is 0.954. The van der Waals surface area contributed by atoms with Crippen LogP contribution in [-0.4, -0.2) is 12.6 Å². The SMILES string of the molecule is C1CCCC(C2CCNN2)CCC1. The van der Waals surface area contributed by atoms with Crippen LogP contribution in [-0.2, 0) is 0 Å². The second-order valence-corrected chi connectivity index (χ2v) is 4.57. The Hall–Kier alpha value is -0.0800. The number of hydrazine groups is 1. The molecule has 13 heavy (non-hydrogen) atoms. The van der Waals surface area contributed by atoms with Gasteiger partial charge in [-0.15, -0.1) is 0 Å². The largest absolute Gasteiger partial charge is 0.258 e. The first kappa shape index (κ1) is 9.47. The number of rotatable bonds is 1. The van der Waals surface area contributed by atoms with Crippen molar-refractivity contribution in [3.05, 3.63) is 0 Å². The Bertz CT molecular complexity index is 133. The molecule has 2 nitrogen and oxygen atoms in total. The maximum Gasteiger partial charge on any atom is 0.0253 e. The Labute approximate surface area is 81.4 Å². The van der Waals surface area contributed by atoms with Gasteiger partial charge in [-0.3, -0.25) is 10.9 Å². The quantitative estimate of drug-likeness (QED) is 0.649. The molecule has 2 fully saturated rings. The molecule has 1 aliphatic heterocycles. The fourth-order valence-corrected chi connectivity index (χ4v) is 2.75. The minimum Gasteiger partial charge on any atom is -0.258 e. The molecule has 1 aliphatic carbocycles. The highest BCUT2D eigenvalue weighted by Crippen LogP contribution is 2.26. The van der Waals surface area contributed by atoms with E-state index in [1.165, 1.54) is 57.9 Å². The van der Waals surface area contributed by atoms with Crippen molar-refractivity contribution >= 4 is 0 Å². The summed E-state index contributed by atoms with van der Waals surface area (Å²) < 4.78 is 0. The van der Waals surface area contributed by atoms with Gasteiger partial charge in [0.2, 0.25) is 0 Å². The molecule has 1 saturated heterocycles. The molecule has 0 spiro atoms. The first-order valence-electron chi connectivity index (χ1n) is 5.95. The van der Waals surface area contributed by atoms with Crippen molar-refractivity contribution < 1.29 is 0 Å². The molecular weight excluding hydrogens is 160 g/mol. The predicted molar refractivity (Wildman–Crippen MR) is 55.4 cm³/mol. The molecule has 1 atom stereocenters. The highest BCUT2D eigenvalue weighted by molar-refractivity contribution is 4.80. The van der Waals surface area contributed by atoms with Gasteiger partial charge in [0.25, 0.3) is 0 Å². The van der Waals surface area contributed by atoms with Crippen LogP contribution in [0.15, 0.2) is 0 Å². The van der Waals surface area contributed by atoms with Crippen molar-refractivity contribution in [2.45, 2.75) is 57.4 Å². The van der Waals surface area contributed by atoms with Crippen molar-refractivity contribution in [2.24, 2.45) is 5.92 Å². The Morgan fingerprint density at radius 2 is 1.46 bits per heavy atom. The van der Waals surface area contributed by atoms with Crippen molar-refractivity contribution in [1.82, 2.24) is 10.9 Å². The molecule has 0 amide bonds. The molecule has 0 aromatic carbocycles. The lowest BCUT2D eigenvalue weighted by atomic mass is 9.85. The van der Waals surface area contributed by atoms with E-state index in [1.807, 2.05) is 0 Å². The molecule has 0 aromatic heterocycles. The summed E-state index contributed by atoms with van der Waals surface area (Å²) >= 11 is 0. The van der Waals surface area contributed by atoms with Crippen LogP contribution in [0.1, 0.15) is 51.4 Å². The molecule has 1 unspecified atom stereocenters. The first-order chi connectivity index (χ1) is 6.47. The Kier molecular flexibility index (Phi) is 3.62. The molecular formula is C11H22N2. The normalized spacial score (nSPS) is 32.8. The van der Waals surface area contributed by atoms with E-state index in [0.29, 0.717) is 0 Å². The lowest BCUT2D eigenvalue weighted by molar-refractivity contribution is 0.298. The second-order valence-electron chi connectivity index (χ2n) is 4.57. The summed E-state index contributed by atoms with van der Waals surface area (Å²) in [5.41, 5.74) is 6.68. The molecule has 76 valence electrons. The van der Waals surface area contributed by atoms with E-state index in [-0.39, 0.29) is 0 Å². The van der Waals surface area contributed by atoms with Gasteiger partial charge in [-0.05, 0) is 25.2 Å². The molecule has 2 aliphatic rings. The maximum atomic E-state index is 3.42. The molecule has 0 aromatic rings. The average molecular weight is 182 g/mol. The van der Waals surface area contributed by atoms with Gasteiger partial charge in [0.05, 0.1) is 0 Å². The topological polar surface area (TPSA) is 24.1 Å². The zero-order valence-corrected chi connectivity index (χ0v) is 8.52. The second kappa shape index (κ2) is 4.97. The highest BCUT2D eigenvalue weighted by atomic mass is 15.4. The van der Waals surface area contributed by atoms with Crippen LogP contribution < -0.4 is 10.9 Å². The van der Waals surface area contributed by atoms with Gasteiger partial charge < -0.3 is 0 Å². The highest BCUT2D eigenvalue weighted by Gasteiger charge is 2.24. The van der Waals surface area contributed by atoms with E-state index in [2.05, 4.69) is 10.9 Å². The first-order valence-corrected chi connectivity index (χ1v) is 5.95. The van der Waals surface area contributed by atoms with Crippen molar-refractivity contribution in [3.63, 3.8) is 0 Å². The van der Waals surface area contributed by atoms with E-state index >= 15 is 0 Å². The monoisotopic (exact) mass is 182 g/mol. The standard InChI is InChI=1S/C11H22N2/c1-2-4-6-10(7-5-3-1)11-8-9-12-13-11/h10-13H,1-9H2. The number of nitrogens with one attached hydrogen (secondary N) is 2. The van der Waals surface area contributed by atoms with Gasteiger partial charge in [-0.25, -0.2) is 0 Å². The lowest BCUT2D eigenvalue weighted by Crippen LogP contribution is -2.35. The van der Waals surface area contributed by atoms with E-state index < -0.39 is 0 Å². The molecule has 2 rings (SSSR count). The Balaban J connectivity index is 1.80. The minimum absolute atomic E-state index is 0.776. The van der Waals surface area contributed by atoms with Crippen molar-refractivity contribution in [2.75, 3.05) is 6.54 Å². The summed E-state index contributed by atoms with van der Waals surface area (Å²) in [6.07, 6.45) is 11.6. The average Bonchev–Trinajstić information content (AvgIpc) is 2.55. The zero-order chi connectivity index (χ0) is 8.93. The van der Waals surface area contributed by atoms with Gasteiger partial charge in [-0.2, -0.15) is 0 Å². The van der Waals surface area contributed by atoms with Gasteiger partial charge in [0.1, 0.15) is 0 Å². The number of hydrogen-bond donors (Lipinski definition) is 2. The summed E-state index contributed by atoms with van der Waals surface area (Å²) in [6.45, 7) is 1.17. The van der Waals surface area contributed by atoms with Gasteiger partial charge >= 0.3 is 0 Å². The summed E-state index contributed by atoms with van der Waals surface area (Å²) in [5, 5.41) is 0. The fraction of sp³-hybridized carbons (Fsp3) is 1.00. The fourth-order valence-electron chi connectivity index (χ4n) is 2.75. The van der Waals surface area contributed by atoms with Crippen molar-refractivity contribution in [1.29, 1.82) is 0 Å². The third-order valence-corrected chi connectivity index (χ3v) is 3.59. The third kappa shape index (κ3) is 2.68. The van der Waals surface area contributed by atoms with Crippen LogP contribution in [0.4, 0.5) is 0 Å².